The molecule has 0 aliphatic carbocycles. The molecule has 1 aromatic carbocycles. The van der Waals surface area contributed by atoms with E-state index in [9.17, 15) is 0 Å². The fraction of sp³-hybridized carbons (Fsp3) is 0.818. The third-order valence-electron chi connectivity index (χ3n) is 5.80. The van der Waals surface area contributed by atoms with Gasteiger partial charge in [0.1, 0.15) is 12.4 Å². The van der Waals surface area contributed by atoms with Gasteiger partial charge in [0, 0.05) is 0 Å². The van der Waals surface area contributed by atoms with Gasteiger partial charge in [0.15, 0.2) is 0 Å². The minimum atomic E-state index is 0.229. The van der Waals surface area contributed by atoms with Crippen molar-refractivity contribution in [2.24, 2.45) is 0 Å². The lowest BCUT2D eigenvalue weighted by Gasteiger charge is -2.10. The Hall–Kier alpha value is -1.66. The maximum atomic E-state index is 5.82. The molecule has 276 valence electrons. The standard InChI is InChI=1S/C33H61NO13/c1-31(2)46-29-27-44-25-23-42-21-19-40-17-15-38-13-11-36-9-7-35-8-10-37-12-14-39-16-18-41-20-22-43-24-26-45-28-30-47-33-6-4-3-5-32(33)34/h3-6,31H,7-30,34H2,1-2H3. The molecule has 1 aromatic rings. The highest BCUT2D eigenvalue weighted by Gasteiger charge is 1.99. The fourth-order valence-electron chi connectivity index (χ4n) is 3.47. The summed E-state index contributed by atoms with van der Waals surface area (Å²) < 4.78 is 71.1. The molecule has 0 heterocycles. The highest BCUT2D eigenvalue weighted by Crippen LogP contribution is 2.19. The molecular formula is C33H61NO13. The van der Waals surface area contributed by atoms with Crippen molar-refractivity contribution in [2.45, 2.75) is 20.0 Å². The van der Waals surface area contributed by atoms with Gasteiger partial charge in [-0.15, -0.1) is 0 Å². The number of hydrogen-bond donors (Lipinski definition) is 1. The number of rotatable bonds is 38. The summed E-state index contributed by atoms with van der Waals surface area (Å²) in [5.74, 6) is 0.668. The lowest BCUT2D eigenvalue weighted by Crippen LogP contribution is -2.15. The number of hydrogen-bond acceptors (Lipinski definition) is 14. The van der Waals surface area contributed by atoms with E-state index in [0.717, 1.165) is 0 Å². The van der Waals surface area contributed by atoms with Crippen molar-refractivity contribution in [1.82, 2.24) is 0 Å². The smallest absolute Gasteiger partial charge is 0.142 e. The zero-order valence-corrected chi connectivity index (χ0v) is 28.7. The highest BCUT2D eigenvalue weighted by atomic mass is 16.6. The molecule has 0 radical (unpaired) electrons. The van der Waals surface area contributed by atoms with Gasteiger partial charge in [-0.2, -0.15) is 0 Å². The van der Waals surface area contributed by atoms with Crippen LogP contribution in [0.4, 0.5) is 5.69 Å². The molecule has 0 saturated heterocycles. The lowest BCUT2D eigenvalue weighted by atomic mass is 10.3. The number of nitrogen functional groups attached to an aromatic ring is 1. The largest absolute Gasteiger partial charge is 0.489 e. The molecule has 0 spiro atoms. The fourth-order valence-corrected chi connectivity index (χ4v) is 3.47. The topological polar surface area (TPSA) is 146 Å². The van der Waals surface area contributed by atoms with Gasteiger partial charge in [0.2, 0.25) is 0 Å². The van der Waals surface area contributed by atoms with E-state index in [4.69, 9.17) is 67.3 Å². The summed E-state index contributed by atoms with van der Waals surface area (Å²) >= 11 is 0. The summed E-state index contributed by atoms with van der Waals surface area (Å²) in [6, 6.07) is 7.38. The maximum Gasteiger partial charge on any atom is 0.142 e. The van der Waals surface area contributed by atoms with Crippen LogP contribution in [0.1, 0.15) is 13.8 Å². The van der Waals surface area contributed by atoms with Crippen molar-refractivity contribution in [2.75, 3.05) is 164 Å². The first-order valence-electron chi connectivity index (χ1n) is 16.6. The van der Waals surface area contributed by atoms with Crippen LogP contribution in [0, 0.1) is 0 Å². The van der Waals surface area contributed by atoms with E-state index in [1.54, 1.807) is 6.07 Å². The van der Waals surface area contributed by atoms with Gasteiger partial charge in [-0.05, 0) is 26.0 Å². The SMILES string of the molecule is CC(C)OCCOCCOCCOCCOCCOCCOCCOCCOCCOCCOCCOCCOc1ccccc1N. The molecule has 0 atom stereocenters. The first kappa shape index (κ1) is 43.4. The van der Waals surface area contributed by atoms with E-state index in [2.05, 4.69) is 0 Å². The Balaban J connectivity index is 1.62. The predicted molar refractivity (Wildman–Crippen MR) is 176 cm³/mol. The van der Waals surface area contributed by atoms with Crippen LogP contribution in [-0.4, -0.2) is 165 Å². The van der Waals surface area contributed by atoms with E-state index < -0.39 is 0 Å². The van der Waals surface area contributed by atoms with E-state index in [1.165, 1.54) is 0 Å². The molecule has 1 rings (SSSR count). The maximum absolute atomic E-state index is 5.82. The van der Waals surface area contributed by atoms with Crippen LogP contribution in [0.2, 0.25) is 0 Å². The minimum Gasteiger partial charge on any atom is -0.489 e. The van der Waals surface area contributed by atoms with Crippen LogP contribution >= 0.6 is 0 Å². The molecule has 0 aliphatic heterocycles. The molecule has 0 amide bonds. The van der Waals surface area contributed by atoms with Crippen LogP contribution in [-0.2, 0) is 56.8 Å². The number of benzene rings is 1. The Kier molecular flexibility index (Phi) is 32.9. The van der Waals surface area contributed by atoms with Gasteiger partial charge in [-0.1, -0.05) is 12.1 Å². The summed E-state index contributed by atoms with van der Waals surface area (Å²) in [5, 5.41) is 0. The Morgan fingerprint density at radius 3 is 0.915 bits per heavy atom. The lowest BCUT2D eigenvalue weighted by molar-refractivity contribution is -0.0294. The average Bonchev–Trinajstić information content (AvgIpc) is 3.06. The molecule has 2 N–H and O–H groups in total. The summed E-state index contributed by atoms with van der Waals surface area (Å²) in [4.78, 5) is 0. The van der Waals surface area contributed by atoms with Crippen LogP contribution < -0.4 is 10.5 Å². The minimum absolute atomic E-state index is 0.229. The van der Waals surface area contributed by atoms with Crippen LogP contribution in [0.15, 0.2) is 24.3 Å². The van der Waals surface area contributed by atoms with Gasteiger partial charge in [0.25, 0.3) is 0 Å². The van der Waals surface area contributed by atoms with E-state index >= 15 is 0 Å². The van der Waals surface area contributed by atoms with Gasteiger partial charge in [-0.25, -0.2) is 0 Å². The summed E-state index contributed by atoms with van der Waals surface area (Å²) in [5.41, 5.74) is 6.44. The summed E-state index contributed by atoms with van der Waals surface area (Å²) in [6.07, 6.45) is 0.229. The average molecular weight is 680 g/mol. The van der Waals surface area contributed by atoms with Crippen molar-refractivity contribution in [3.8, 4) is 5.75 Å². The van der Waals surface area contributed by atoms with Crippen molar-refractivity contribution >= 4 is 5.69 Å². The third kappa shape index (κ3) is 32.7. The van der Waals surface area contributed by atoms with Crippen LogP contribution in [0.25, 0.3) is 0 Å². The van der Waals surface area contributed by atoms with Gasteiger partial charge >= 0.3 is 0 Å². The molecule has 47 heavy (non-hydrogen) atoms. The highest BCUT2D eigenvalue weighted by molar-refractivity contribution is 5.51. The second-order valence-corrected chi connectivity index (χ2v) is 10.0. The Morgan fingerprint density at radius 2 is 0.638 bits per heavy atom. The molecule has 14 nitrogen and oxygen atoms in total. The third-order valence-corrected chi connectivity index (χ3v) is 5.80. The van der Waals surface area contributed by atoms with E-state index in [1.807, 2.05) is 32.0 Å². The summed E-state index contributed by atoms with van der Waals surface area (Å²) in [7, 11) is 0. The molecule has 0 bridgehead atoms. The van der Waals surface area contributed by atoms with Gasteiger partial charge in [-0.3, -0.25) is 0 Å². The van der Waals surface area contributed by atoms with Crippen molar-refractivity contribution < 1.29 is 61.6 Å². The zero-order chi connectivity index (χ0) is 33.7. The number of nitrogens with two attached hydrogens (primary N) is 1. The van der Waals surface area contributed by atoms with Crippen molar-refractivity contribution in [3.05, 3.63) is 24.3 Å². The van der Waals surface area contributed by atoms with Crippen LogP contribution in [0.3, 0.4) is 0 Å². The van der Waals surface area contributed by atoms with Gasteiger partial charge in [0.05, 0.1) is 164 Å². The number of para-hydroxylation sites is 2. The molecule has 14 heteroatoms. The monoisotopic (exact) mass is 679 g/mol. The quantitative estimate of drug-likeness (QED) is 0.0805. The zero-order valence-electron chi connectivity index (χ0n) is 28.7. The molecule has 0 unspecified atom stereocenters. The Labute approximate surface area is 281 Å². The normalized spacial score (nSPS) is 11.6. The van der Waals surface area contributed by atoms with Gasteiger partial charge < -0.3 is 67.3 Å². The predicted octanol–water partition coefficient (Wildman–Crippen LogP) is 2.26. The van der Waals surface area contributed by atoms with E-state index in [-0.39, 0.29) is 6.10 Å². The molecular weight excluding hydrogens is 618 g/mol. The number of anilines is 1. The first-order chi connectivity index (χ1) is 23.2. The molecule has 0 saturated carbocycles. The summed E-state index contributed by atoms with van der Waals surface area (Å²) in [6.45, 7) is 16.4. The molecule has 0 aromatic heterocycles. The van der Waals surface area contributed by atoms with Crippen molar-refractivity contribution in [3.63, 3.8) is 0 Å². The second-order valence-electron chi connectivity index (χ2n) is 10.0. The second kappa shape index (κ2) is 35.6. The Bertz CT molecular complexity index is 763. The van der Waals surface area contributed by atoms with Crippen LogP contribution in [0.5, 0.6) is 5.75 Å². The number of ether oxygens (including phenoxy) is 13. The molecule has 0 fully saturated rings. The molecule has 0 aliphatic rings. The van der Waals surface area contributed by atoms with Crippen molar-refractivity contribution in [1.29, 1.82) is 0 Å². The first-order valence-corrected chi connectivity index (χ1v) is 16.6. The van der Waals surface area contributed by atoms with E-state index in [0.29, 0.717) is 170 Å². The Morgan fingerprint density at radius 1 is 0.383 bits per heavy atom.